The Morgan fingerprint density at radius 2 is 2.15 bits per heavy atom. The van der Waals surface area contributed by atoms with E-state index in [4.69, 9.17) is 5.11 Å². The normalized spacial score (nSPS) is 10.1. The Morgan fingerprint density at radius 3 is 2.62 bits per heavy atom. The molecule has 0 spiro atoms. The molecule has 0 saturated heterocycles. The van der Waals surface area contributed by atoms with Crippen molar-refractivity contribution in [2.75, 3.05) is 33.3 Å². The Kier molecular flexibility index (Phi) is 7.63. The van der Waals surface area contributed by atoms with Crippen molar-refractivity contribution >= 4 is 5.91 Å². The third-order valence-corrected chi connectivity index (χ3v) is 1.81. The molecule has 0 aliphatic heterocycles. The Morgan fingerprint density at radius 1 is 1.46 bits per heavy atom. The second-order valence-corrected chi connectivity index (χ2v) is 2.96. The molecule has 0 atom stereocenters. The van der Waals surface area contributed by atoms with Crippen molar-refractivity contribution in [3.8, 4) is 0 Å². The second-order valence-electron chi connectivity index (χ2n) is 2.96. The zero-order chi connectivity index (χ0) is 10.1. The zero-order valence-electron chi connectivity index (χ0n) is 8.55. The molecule has 1 amide bonds. The summed E-state index contributed by atoms with van der Waals surface area (Å²) in [7, 11) is 1.82. The van der Waals surface area contributed by atoms with Crippen LogP contribution >= 0.6 is 0 Å². The maximum absolute atomic E-state index is 11.5. The topological polar surface area (TPSA) is 52.6 Å². The molecule has 0 aromatic rings. The van der Waals surface area contributed by atoms with Gasteiger partial charge in [0, 0.05) is 26.1 Å². The van der Waals surface area contributed by atoms with Gasteiger partial charge in [0.05, 0.1) is 6.61 Å². The average molecular weight is 188 g/mol. The zero-order valence-corrected chi connectivity index (χ0v) is 8.55. The van der Waals surface area contributed by atoms with Crippen molar-refractivity contribution in [3.05, 3.63) is 0 Å². The van der Waals surface area contributed by atoms with Crippen LogP contribution < -0.4 is 5.32 Å². The SMILES string of the molecule is CCCN(CCO)C(=O)CCNC. The van der Waals surface area contributed by atoms with Gasteiger partial charge in [-0.3, -0.25) is 4.79 Å². The minimum absolute atomic E-state index is 0.0469. The first-order valence-electron chi connectivity index (χ1n) is 4.79. The first-order valence-corrected chi connectivity index (χ1v) is 4.79. The molecule has 2 N–H and O–H groups in total. The highest BCUT2D eigenvalue weighted by molar-refractivity contribution is 5.76. The third-order valence-electron chi connectivity index (χ3n) is 1.81. The van der Waals surface area contributed by atoms with E-state index in [2.05, 4.69) is 5.32 Å². The van der Waals surface area contributed by atoms with Crippen LogP contribution in [-0.4, -0.2) is 49.2 Å². The number of nitrogens with zero attached hydrogens (tertiary/aromatic N) is 1. The van der Waals surface area contributed by atoms with Gasteiger partial charge in [-0.2, -0.15) is 0 Å². The molecule has 0 heterocycles. The lowest BCUT2D eigenvalue weighted by molar-refractivity contribution is -0.131. The van der Waals surface area contributed by atoms with E-state index in [1.54, 1.807) is 4.90 Å². The Bertz CT molecular complexity index is 134. The van der Waals surface area contributed by atoms with Crippen molar-refractivity contribution in [3.63, 3.8) is 0 Å². The predicted octanol–water partition coefficient (Wildman–Crippen LogP) is -0.173. The number of rotatable bonds is 7. The van der Waals surface area contributed by atoms with Gasteiger partial charge in [-0.15, -0.1) is 0 Å². The monoisotopic (exact) mass is 188 g/mol. The molecule has 0 aliphatic rings. The molecule has 78 valence electrons. The molecular weight excluding hydrogens is 168 g/mol. The van der Waals surface area contributed by atoms with E-state index in [9.17, 15) is 4.79 Å². The van der Waals surface area contributed by atoms with Crippen LogP contribution in [0.5, 0.6) is 0 Å². The molecule has 4 heteroatoms. The molecule has 0 saturated carbocycles. The van der Waals surface area contributed by atoms with E-state index < -0.39 is 0 Å². The number of hydrogen-bond donors (Lipinski definition) is 2. The van der Waals surface area contributed by atoms with Crippen molar-refractivity contribution in [1.29, 1.82) is 0 Å². The van der Waals surface area contributed by atoms with Gasteiger partial charge in [-0.05, 0) is 13.5 Å². The van der Waals surface area contributed by atoms with Crippen LogP contribution in [0.4, 0.5) is 0 Å². The molecule has 0 rings (SSSR count). The number of nitrogens with one attached hydrogen (secondary N) is 1. The lowest BCUT2D eigenvalue weighted by Crippen LogP contribution is -2.35. The van der Waals surface area contributed by atoms with Crippen LogP contribution in [0.1, 0.15) is 19.8 Å². The lowest BCUT2D eigenvalue weighted by Gasteiger charge is -2.20. The van der Waals surface area contributed by atoms with Crippen molar-refractivity contribution in [2.24, 2.45) is 0 Å². The molecule has 0 fully saturated rings. The number of aliphatic hydroxyl groups excluding tert-OH is 1. The Hall–Kier alpha value is -0.610. The third kappa shape index (κ3) is 5.60. The maximum atomic E-state index is 11.5. The summed E-state index contributed by atoms with van der Waals surface area (Å²) < 4.78 is 0. The van der Waals surface area contributed by atoms with Crippen LogP contribution in [0.15, 0.2) is 0 Å². The van der Waals surface area contributed by atoms with Crippen LogP contribution in [0.3, 0.4) is 0 Å². The van der Waals surface area contributed by atoms with Gasteiger partial charge in [0.15, 0.2) is 0 Å². The predicted molar refractivity (Wildman–Crippen MR) is 52.5 cm³/mol. The first-order chi connectivity index (χ1) is 6.26. The summed E-state index contributed by atoms with van der Waals surface area (Å²) in [4.78, 5) is 13.2. The number of hydrogen-bond acceptors (Lipinski definition) is 3. The average Bonchev–Trinajstić information content (AvgIpc) is 2.14. The van der Waals surface area contributed by atoms with Gasteiger partial charge in [0.25, 0.3) is 0 Å². The van der Waals surface area contributed by atoms with Crippen LogP contribution in [0.25, 0.3) is 0 Å². The van der Waals surface area contributed by atoms with Gasteiger partial charge in [-0.25, -0.2) is 0 Å². The molecule has 0 aromatic carbocycles. The summed E-state index contributed by atoms with van der Waals surface area (Å²) in [5.74, 6) is 0.116. The number of amides is 1. The quantitative estimate of drug-likeness (QED) is 0.583. The van der Waals surface area contributed by atoms with Gasteiger partial charge in [0.1, 0.15) is 0 Å². The Balaban J connectivity index is 3.80. The van der Waals surface area contributed by atoms with Gasteiger partial charge >= 0.3 is 0 Å². The van der Waals surface area contributed by atoms with Gasteiger partial charge in [-0.1, -0.05) is 6.92 Å². The fourth-order valence-corrected chi connectivity index (χ4v) is 1.14. The van der Waals surface area contributed by atoms with Crippen molar-refractivity contribution in [2.45, 2.75) is 19.8 Å². The summed E-state index contributed by atoms with van der Waals surface area (Å²) in [5.41, 5.74) is 0. The van der Waals surface area contributed by atoms with Crippen LogP contribution in [-0.2, 0) is 4.79 Å². The fourth-order valence-electron chi connectivity index (χ4n) is 1.14. The minimum Gasteiger partial charge on any atom is -0.395 e. The lowest BCUT2D eigenvalue weighted by atomic mass is 10.3. The van der Waals surface area contributed by atoms with E-state index in [-0.39, 0.29) is 12.5 Å². The van der Waals surface area contributed by atoms with E-state index in [0.29, 0.717) is 19.5 Å². The Labute approximate surface area is 79.9 Å². The number of carbonyl (C=O) groups is 1. The standard InChI is InChI=1S/C9H20N2O2/c1-3-6-11(7-8-12)9(13)4-5-10-2/h10,12H,3-8H2,1-2H3. The molecule has 0 radical (unpaired) electrons. The fraction of sp³-hybridized carbons (Fsp3) is 0.889. The summed E-state index contributed by atoms with van der Waals surface area (Å²) in [6.45, 7) is 3.96. The van der Waals surface area contributed by atoms with Crippen LogP contribution in [0, 0.1) is 0 Å². The molecule has 0 unspecified atom stereocenters. The van der Waals surface area contributed by atoms with E-state index >= 15 is 0 Å². The van der Waals surface area contributed by atoms with Gasteiger partial charge < -0.3 is 15.3 Å². The van der Waals surface area contributed by atoms with Crippen molar-refractivity contribution in [1.82, 2.24) is 10.2 Å². The summed E-state index contributed by atoms with van der Waals surface area (Å²) >= 11 is 0. The minimum atomic E-state index is 0.0469. The first kappa shape index (κ1) is 12.4. The van der Waals surface area contributed by atoms with Crippen molar-refractivity contribution < 1.29 is 9.90 Å². The highest BCUT2D eigenvalue weighted by atomic mass is 16.3. The highest BCUT2D eigenvalue weighted by Gasteiger charge is 2.10. The van der Waals surface area contributed by atoms with Crippen LogP contribution in [0.2, 0.25) is 0 Å². The van der Waals surface area contributed by atoms with Gasteiger partial charge in [0.2, 0.25) is 5.91 Å². The summed E-state index contributed by atoms with van der Waals surface area (Å²) in [5, 5.41) is 11.7. The molecule has 0 aliphatic carbocycles. The van der Waals surface area contributed by atoms with E-state index in [0.717, 1.165) is 13.0 Å². The highest BCUT2D eigenvalue weighted by Crippen LogP contribution is 1.95. The largest absolute Gasteiger partial charge is 0.395 e. The number of carbonyl (C=O) groups excluding carboxylic acids is 1. The molecule has 4 nitrogen and oxygen atoms in total. The number of aliphatic hydroxyl groups is 1. The van der Waals surface area contributed by atoms with E-state index in [1.807, 2.05) is 14.0 Å². The molecule has 13 heavy (non-hydrogen) atoms. The molecule has 0 bridgehead atoms. The summed E-state index contributed by atoms with van der Waals surface area (Å²) in [6, 6.07) is 0. The van der Waals surface area contributed by atoms with E-state index in [1.165, 1.54) is 0 Å². The molecule has 0 aromatic heterocycles. The smallest absolute Gasteiger partial charge is 0.223 e. The second kappa shape index (κ2) is 8.01. The maximum Gasteiger partial charge on any atom is 0.223 e. The summed E-state index contributed by atoms with van der Waals surface area (Å²) in [6.07, 6.45) is 1.45. The molecular formula is C9H20N2O2.